The van der Waals surface area contributed by atoms with Crippen LogP contribution in [0.25, 0.3) is 0 Å². The normalized spacial score (nSPS) is 38.2. The van der Waals surface area contributed by atoms with Crippen LogP contribution in [-0.2, 0) is 14.3 Å². The third-order valence-electron chi connectivity index (χ3n) is 2.99. The molecule has 3 heteroatoms. The van der Waals surface area contributed by atoms with Crippen molar-refractivity contribution in [2.45, 2.75) is 32.8 Å². The molecule has 0 radical (unpaired) electrons. The van der Waals surface area contributed by atoms with Gasteiger partial charge < -0.3 is 4.74 Å². The molecule has 3 nitrogen and oxygen atoms in total. The lowest BCUT2D eigenvalue weighted by Gasteiger charge is -2.22. The van der Waals surface area contributed by atoms with Crippen LogP contribution in [0.3, 0.4) is 0 Å². The fourth-order valence-electron chi connectivity index (χ4n) is 2.18. The molecule has 12 heavy (non-hydrogen) atoms. The van der Waals surface area contributed by atoms with Crippen molar-refractivity contribution in [3.8, 4) is 0 Å². The Bertz CT molecular complexity index is 254. The fraction of sp³-hybridized carbons (Fsp3) is 0.778. The summed E-state index contributed by atoms with van der Waals surface area (Å²) in [6, 6.07) is 0. The molecule has 0 bridgehead atoms. The number of ketones is 1. The van der Waals surface area contributed by atoms with Crippen molar-refractivity contribution in [3.63, 3.8) is 0 Å². The van der Waals surface area contributed by atoms with E-state index in [2.05, 4.69) is 0 Å². The number of fused-ring (bicyclic) bond motifs is 1. The van der Waals surface area contributed by atoms with Crippen LogP contribution < -0.4 is 0 Å². The van der Waals surface area contributed by atoms with Crippen LogP contribution in [0.2, 0.25) is 0 Å². The molecule has 0 amide bonds. The summed E-state index contributed by atoms with van der Waals surface area (Å²) >= 11 is 0. The second-order valence-corrected chi connectivity index (χ2v) is 4.22. The summed E-state index contributed by atoms with van der Waals surface area (Å²) in [5.41, 5.74) is -0.448. The second-order valence-electron chi connectivity index (χ2n) is 4.22. The lowest BCUT2D eigenvalue weighted by molar-refractivity contribution is -0.147. The van der Waals surface area contributed by atoms with Crippen LogP contribution in [0.15, 0.2) is 0 Å². The molecule has 1 saturated carbocycles. The highest BCUT2D eigenvalue weighted by Crippen LogP contribution is 2.45. The minimum atomic E-state index is -0.448. The maximum absolute atomic E-state index is 11.4. The van der Waals surface area contributed by atoms with E-state index in [0.717, 1.165) is 0 Å². The lowest BCUT2D eigenvalue weighted by atomic mass is 9.87. The highest BCUT2D eigenvalue weighted by atomic mass is 16.6. The first kappa shape index (κ1) is 7.77. The van der Waals surface area contributed by atoms with Gasteiger partial charge in [0.1, 0.15) is 11.9 Å². The monoisotopic (exact) mass is 168 g/mol. The Morgan fingerprint density at radius 2 is 2.00 bits per heavy atom. The summed E-state index contributed by atoms with van der Waals surface area (Å²) < 4.78 is 5.11. The van der Waals surface area contributed by atoms with Crippen LogP contribution in [0.1, 0.15) is 26.7 Å². The van der Waals surface area contributed by atoms with Crippen molar-refractivity contribution in [1.29, 1.82) is 0 Å². The molecular formula is C9H12O3. The predicted octanol–water partition coefficient (Wildman–Crippen LogP) is 0.917. The zero-order valence-electron chi connectivity index (χ0n) is 7.29. The molecule has 0 unspecified atom stereocenters. The number of carbonyl (C=O) groups excluding carboxylic acids is 2. The van der Waals surface area contributed by atoms with Gasteiger partial charge in [0.25, 0.3) is 0 Å². The topological polar surface area (TPSA) is 43.4 Å². The average molecular weight is 168 g/mol. The van der Waals surface area contributed by atoms with Crippen molar-refractivity contribution >= 4 is 11.8 Å². The lowest BCUT2D eigenvalue weighted by Crippen LogP contribution is -2.31. The molecule has 1 saturated heterocycles. The molecule has 0 spiro atoms. The number of rotatable bonds is 0. The van der Waals surface area contributed by atoms with Crippen molar-refractivity contribution in [3.05, 3.63) is 0 Å². The molecule has 0 aromatic heterocycles. The standard InChI is InChI=1S/C9H12O3/c1-9(2)6(10)3-5-4-7(11)12-8(5)9/h5,8H,3-4H2,1-2H3/t5-,8+/m1/s1. The van der Waals surface area contributed by atoms with Gasteiger partial charge in [0.05, 0.1) is 11.8 Å². The summed E-state index contributed by atoms with van der Waals surface area (Å²) in [5, 5.41) is 0. The van der Waals surface area contributed by atoms with Crippen LogP contribution in [0.4, 0.5) is 0 Å². The van der Waals surface area contributed by atoms with E-state index in [1.165, 1.54) is 0 Å². The Kier molecular flexibility index (Phi) is 1.35. The first-order valence-corrected chi connectivity index (χ1v) is 4.24. The number of carbonyl (C=O) groups is 2. The van der Waals surface area contributed by atoms with E-state index in [4.69, 9.17) is 4.74 Å². The van der Waals surface area contributed by atoms with Gasteiger partial charge in [-0.1, -0.05) is 0 Å². The summed E-state index contributed by atoms with van der Waals surface area (Å²) in [6.07, 6.45) is 0.793. The molecule has 0 aromatic carbocycles. The van der Waals surface area contributed by atoms with Gasteiger partial charge in [-0.05, 0) is 13.8 Å². The molecule has 66 valence electrons. The Balaban J connectivity index is 2.29. The molecular weight excluding hydrogens is 156 g/mol. The molecule has 0 aromatic rings. The first-order valence-electron chi connectivity index (χ1n) is 4.24. The number of hydrogen-bond acceptors (Lipinski definition) is 3. The Labute approximate surface area is 71.1 Å². The van der Waals surface area contributed by atoms with E-state index in [-0.39, 0.29) is 23.8 Å². The maximum atomic E-state index is 11.4. The smallest absolute Gasteiger partial charge is 0.306 e. The van der Waals surface area contributed by atoms with Crippen LogP contribution in [0.5, 0.6) is 0 Å². The SMILES string of the molecule is CC1(C)C(=O)C[C@@H]2CC(=O)O[C@@H]21. The fourth-order valence-corrected chi connectivity index (χ4v) is 2.18. The van der Waals surface area contributed by atoms with Gasteiger partial charge in [0, 0.05) is 12.3 Å². The van der Waals surface area contributed by atoms with E-state index in [1.54, 1.807) is 0 Å². The molecule has 1 heterocycles. The van der Waals surface area contributed by atoms with Gasteiger partial charge in [0.2, 0.25) is 0 Å². The van der Waals surface area contributed by atoms with Crippen molar-refractivity contribution < 1.29 is 14.3 Å². The van der Waals surface area contributed by atoms with Gasteiger partial charge in [-0.2, -0.15) is 0 Å². The Morgan fingerprint density at radius 1 is 1.33 bits per heavy atom. The first-order chi connectivity index (χ1) is 5.51. The Morgan fingerprint density at radius 3 is 2.58 bits per heavy atom. The van der Waals surface area contributed by atoms with E-state index in [0.29, 0.717) is 12.8 Å². The zero-order valence-corrected chi connectivity index (χ0v) is 7.29. The molecule has 2 rings (SSSR count). The van der Waals surface area contributed by atoms with Crippen LogP contribution >= 0.6 is 0 Å². The van der Waals surface area contributed by atoms with E-state index in [9.17, 15) is 9.59 Å². The summed E-state index contributed by atoms with van der Waals surface area (Å²) in [5.74, 6) is 0.232. The van der Waals surface area contributed by atoms with Crippen molar-refractivity contribution in [1.82, 2.24) is 0 Å². The van der Waals surface area contributed by atoms with E-state index >= 15 is 0 Å². The summed E-state index contributed by atoms with van der Waals surface area (Å²) in [7, 11) is 0. The predicted molar refractivity (Wildman–Crippen MR) is 41.4 cm³/mol. The van der Waals surface area contributed by atoms with Gasteiger partial charge in [0.15, 0.2) is 0 Å². The number of esters is 1. The Hall–Kier alpha value is -0.860. The molecule has 1 aliphatic carbocycles. The van der Waals surface area contributed by atoms with E-state index < -0.39 is 5.41 Å². The minimum absolute atomic E-state index is 0.148. The van der Waals surface area contributed by atoms with Gasteiger partial charge in [-0.3, -0.25) is 9.59 Å². The van der Waals surface area contributed by atoms with Gasteiger partial charge >= 0.3 is 5.97 Å². The molecule has 2 aliphatic rings. The van der Waals surface area contributed by atoms with Crippen LogP contribution in [0, 0.1) is 11.3 Å². The highest BCUT2D eigenvalue weighted by Gasteiger charge is 2.54. The quantitative estimate of drug-likeness (QED) is 0.505. The average Bonchev–Trinajstić information content (AvgIpc) is 2.38. The largest absolute Gasteiger partial charge is 0.461 e. The number of Topliss-reactive ketones (excluding diaryl/α,β-unsaturated/α-hetero) is 1. The number of ether oxygens (including phenoxy) is 1. The second kappa shape index (κ2) is 2.09. The van der Waals surface area contributed by atoms with E-state index in [1.807, 2.05) is 13.8 Å². The number of hydrogen-bond donors (Lipinski definition) is 0. The highest BCUT2D eigenvalue weighted by molar-refractivity contribution is 5.90. The molecule has 2 fully saturated rings. The van der Waals surface area contributed by atoms with Gasteiger partial charge in [-0.15, -0.1) is 0 Å². The minimum Gasteiger partial charge on any atom is -0.461 e. The van der Waals surface area contributed by atoms with Gasteiger partial charge in [-0.25, -0.2) is 0 Å². The summed E-state index contributed by atoms with van der Waals surface area (Å²) in [6.45, 7) is 3.72. The summed E-state index contributed by atoms with van der Waals surface area (Å²) in [4.78, 5) is 22.3. The molecule has 1 aliphatic heterocycles. The van der Waals surface area contributed by atoms with Crippen molar-refractivity contribution in [2.75, 3.05) is 0 Å². The maximum Gasteiger partial charge on any atom is 0.306 e. The van der Waals surface area contributed by atoms with Crippen molar-refractivity contribution in [2.24, 2.45) is 11.3 Å². The zero-order chi connectivity index (χ0) is 8.93. The molecule has 2 atom stereocenters. The molecule has 0 N–H and O–H groups in total. The van der Waals surface area contributed by atoms with Crippen LogP contribution in [-0.4, -0.2) is 17.9 Å². The third-order valence-corrected chi connectivity index (χ3v) is 2.99. The third kappa shape index (κ3) is 0.822.